The molecule has 0 saturated heterocycles. The highest BCUT2D eigenvalue weighted by Crippen LogP contribution is 2.11. The van der Waals surface area contributed by atoms with Gasteiger partial charge in [0.05, 0.1) is 26.2 Å². The quantitative estimate of drug-likeness (QED) is 0.408. The van der Waals surface area contributed by atoms with Crippen molar-refractivity contribution in [2.75, 3.05) is 37.7 Å². The third kappa shape index (κ3) is 6.47. The van der Waals surface area contributed by atoms with Crippen LogP contribution in [0.4, 0.5) is 0 Å². The van der Waals surface area contributed by atoms with E-state index < -0.39 is 0 Å². The molecule has 92 valence electrons. The summed E-state index contributed by atoms with van der Waals surface area (Å²) < 4.78 is 1.32. The minimum atomic E-state index is 1.30. The molecular formula is C13H30NS+. The summed E-state index contributed by atoms with van der Waals surface area (Å²) in [4.78, 5) is 0. The van der Waals surface area contributed by atoms with Gasteiger partial charge in [-0.15, -0.1) is 0 Å². The Labute approximate surface area is 101 Å². The molecule has 0 aliphatic carbocycles. The van der Waals surface area contributed by atoms with Crippen molar-refractivity contribution < 1.29 is 4.48 Å². The molecular weight excluding hydrogens is 202 g/mol. The lowest BCUT2D eigenvalue weighted by Crippen LogP contribution is -2.48. The van der Waals surface area contributed by atoms with Crippen LogP contribution < -0.4 is 0 Å². The molecule has 0 spiro atoms. The van der Waals surface area contributed by atoms with Gasteiger partial charge in [0.2, 0.25) is 0 Å². The first-order valence-corrected chi connectivity index (χ1v) is 7.83. The molecule has 0 fully saturated rings. The molecule has 0 amide bonds. The summed E-state index contributed by atoms with van der Waals surface area (Å²) in [6.07, 6.45) is 4.14. The fourth-order valence-electron chi connectivity index (χ4n) is 2.04. The molecule has 2 heteroatoms. The van der Waals surface area contributed by atoms with Gasteiger partial charge in [0.1, 0.15) is 0 Å². The Morgan fingerprint density at radius 3 is 1.87 bits per heavy atom. The number of quaternary nitrogens is 1. The zero-order valence-electron chi connectivity index (χ0n) is 11.2. The van der Waals surface area contributed by atoms with E-state index in [0.717, 1.165) is 0 Å². The molecule has 0 radical (unpaired) electrons. The number of rotatable bonds is 10. The fraction of sp³-hybridized carbons (Fsp3) is 1.00. The van der Waals surface area contributed by atoms with E-state index in [4.69, 9.17) is 0 Å². The van der Waals surface area contributed by atoms with Crippen molar-refractivity contribution in [3.8, 4) is 0 Å². The van der Waals surface area contributed by atoms with Crippen molar-refractivity contribution in [1.82, 2.24) is 0 Å². The van der Waals surface area contributed by atoms with E-state index in [9.17, 15) is 0 Å². The lowest BCUT2D eigenvalue weighted by atomic mass is 10.2. The van der Waals surface area contributed by atoms with E-state index in [1.54, 1.807) is 0 Å². The number of hydrogen-bond acceptors (Lipinski definition) is 1. The van der Waals surface area contributed by atoms with E-state index in [-0.39, 0.29) is 0 Å². The van der Waals surface area contributed by atoms with Crippen molar-refractivity contribution >= 4 is 11.8 Å². The maximum atomic E-state index is 2.33. The van der Waals surface area contributed by atoms with Crippen molar-refractivity contribution in [3.63, 3.8) is 0 Å². The van der Waals surface area contributed by atoms with Crippen LogP contribution in [-0.2, 0) is 0 Å². The van der Waals surface area contributed by atoms with E-state index >= 15 is 0 Å². The normalized spacial score (nSPS) is 12.0. The summed E-state index contributed by atoms with van der Waals surface area (Å²) in [5, 5.41) is 0. The Morgan fingerprint density at radius 1 is 0.800 bits per heavy atom. The Balaban J connectivity index is 3.54. The molecule has 0 atom stereocenters. The predicted molar refractivity (Wildman–Crippen MR) is 73.6 cm³/mol. The van der Waals surface area contributed by atoms with Gasteiger partial charge in [-0.25, -0.2) is 0 Å². The average Bonchev–Trinajstić information content (AvgIpc) is 2.29. The van der Waals surface area contributed by atoms with Gasteiger partial charge >= 0.3 is 0 Å². The van der Waals surface area contributed by atoms with E-state index in [2.05, 4.69) is 39.5 Å². The maximum Gasteiger partial charge on any atom is 0.0786 e. The minimum Gasteiger partial charge on any atom is -0.324 e. The molecule has 0 N–H and O–H groups in total. The molecule has 0 bridgehead atoms. The second-order valence-corrected chi connectivity index (χ2v) is 5.56. The molecule has 0 heterocycles. The van der Waals surface area contributed by atoms with Crippen LogP contribution in [0.1, 0.15) is 47.0 Å². The molecule has 0 aliphatic heterocycles. The van der Waals surface area contributed by atoms with E-state index in [0.29, 0.717) is 0 Å². The first-order valence-electron chi connectivity index (χ1n) is 6.67. The minimum absolute atomic E-state index is 1.30. The largest absolute Gasteiger partial charge is 0.324 e. The second kappa shape index (κ2) is 9.53. The van der Waals surface area contributed by atoms with Gasteiger partial charge in [0.25, 0.3) is 0 Å². The Morgan fingerprint density at radius 2 is 1.40 bits per heavy atom. The van der Waals surface area contributed by atoms with E-state index in [1.165, 1.54) is 61.4 Å². The van der Waals surface area contributed by atoms with Crippen LogP contribution in [0.3, 0.4) is 0 Å². The van der Waals surface area contributed by atoms with Gasteiger partial charge in [-0.05, 0) is 51.5 Å². The average molecular weight is 232 g/mol. The topological polar surface area (TPSA) is 0 Å². The summed E-state index contributed by atoms with van der Waals surface area (Å²) in [6.45, 7) is 14.5. The van der Waals surface area contributed by atoms with Crippen molar-refractivity contribution in [3.05, 3.63) is 0 Å². The molecule has 0 aliphatic rings. The van der Waals surface area contributed by atoms with Crippen LogP contribution in [0.5, 0.6) is 0 Å². The van der Waals surface area contributed by atoms with Gasteiger partial charge in [-0.2, -0.15) is 11.8 Å². The standard InChI is InChI=1S/C13H30NS/c1-5-12-15-13-10-9-11-14(6-2,7-3)8-4/h5-13H2,1-4H3/q+1. The van der Waals surface area contributed by atoms with E-state index in [1.807, 2.05) is 0 Å². The lowest BCUT2D eigenvalue weighted by molar-refractivity contribution is -0.923. The van der Waals surface area contributed by atoms with Crippen LogP contribution >= 0.6 is 11.8 Å². The number of hydrogen-bond donors (Lipinski definition) is 0. The molecule has 15 heavy (non-hydrogen) atoms. The third-order valence-electron chi connectivity index (χ3n) is 3.53. The smallest absolute Gasteiger partial charge is 0.0786 e. The molecule has 1 nitrogen and oxygen atoms in total. The summed E-state index contributed by atoms with van der Waals surface area (Å²) in [6, 6.07) is 0. The summed E-state index contributed by atoms with van der Waals surface area (Å²) in [5.41, 5.74) is 0. The van der Waals surface area contributed by atoms with Crippen LogP contribution in [0, 0.1) is 0 Å². The Hall–Kier alpha value is 0.310. The zero-order chi connectivity index (χ0) is 11.6. The number of thioether (sulfide) groups is 1. The predicted octanol–water partition coefficient (Wildman–Crippen LogP) is 3.79. The second-order valence-electron chi connectivity index (χ2n) is 4.33. The zero-order valence-corrected chi connectivity index (χ0v) is 12.0. The monoisotopic (exact) mass is 232 g/mol. The fourth-order valence-corrected chi connectivity index (χ4v) is 2.94. The Bertz CT molecular complexity index is 124. The first kappa shape index (κ1) is 15.3. The van der Waals surface area contributed by atoms with Crippen molar-refractivity contribution in [2.24, 2.45) is 0 Å². The van der Waals surface area contributed by atoms with Crippen LogP contribution in [0.15, 0.2) is 0 Å². The van der Waals surface area contributed by atoms with Crippen LogP contribution in [-0.4, -0.2) is 42.2 Å². The lowest BCUT2D eigenvalue weighted by Gasteiger charge is -2.35. The van der Waals surface area contributed by atoms with Gasteiger partial charge in [-0.3, -0.25) is 0 Å². The number of unbranched alkanes of at least 4 members (excludes halogenated alkanes) is 1. The molecule has 0 aromatic carbocycles. The maximum absolute atomic E-state index is 2.33. The first-order chi connectivity index (χ1) is 7.24. The molecule has 0 aromatic rings. The summed E-state index contributed by atoms with van der Waals surface area (Å²) in [5.74, 6) is 2.71. The molecule has 0 rings (SSSR count). The van der Waals surface area contributed by atoms with Gasteiger partial charge in [0, 0.05) is 0 Å². The number of nitrogens with zero attached hydrogens (tertiary/aromatic N) is 1. The third-order valence-corrected chi connectivity index (χ3v) is 4.81. The Kier molecular flexibility index (Phi) is 9.73. The highest BCUT2D eigenvalue weighted by atomic mass is 32.2. The molecule has 0 aromatic heterocycles. The van der Waals surface area contributed by atoms with Gasteiger partial charge in [0.15, 0.2) is 0 Å². The summed E-state index contributed by atoms with van der Waals surface area (Å²) in [7, 11) is 0. The SMILES string of the molecule is CCCSCCCC[N+](CC)(CC)CC. The van der Waals surface area contributed by atoms with Crippen molar-refractivity contribution in [1.29, 1.82) is 0 Å². The van der Waals surface area contributed by atoms with Gasteiger partial charge < -0.3 is 4.48 Å². The summed E-state index contributed by atoms with van der Waals surface area (Å²) >= 11 is 2.12. The molecule has 0 unspecified atom stereocenters. The van der Waals surface area contributed by atoms with Crippen LogP contribution in [0.25, 0.3) is 0 Å². The molecule has 0 saturated carbocycles. The van der Waals surface area contributed by atoms with Crippen molar-refractivity contribution in [2.45, 2.75) is 47.0 Å². The highest BCUT2D eigenvalue weighted by Gasteiger charge is 2.19. The highest BCUT2D eigenvalue weighted by molar-refractivity contribution is 7.99. The van der Waals surface area contributed by atoms with Crippen LogP contribution in [0.2, 0.25) is 0 Å². The van der Waals surface area contributed by atoms with Gasteiger partial charge in [-0.1, -0.05) is 6.92 Å².